The number of rotatable bonds is 3. The predicted octanol–water partition coefficient (Wildman–Crippen LogP) is 2.61. The molecule has 0 aliphatic heterocycles. The Balaban J connectivity index is 2.97. The van der Waals surface area contributed by atoms with E-state index in [1.807, 2.05) is 13.0 Å². The van der Waals surface area contributed by atoms with Gasteiger partial charge in [0.05, 0.1) is 11.1 Å². The Morgan fingerprint density at radius 1 is 1.62 bits per heavy atom. The average molecular weight is 200 g/mol. The lowest BCUT2D eigenvalue weighted by Gasteiger charge is -2.19. The molecule has 2 atom stereocenters. The molecule has 1 aromatic heterocycles. The molecule has 0 fully saturated rings. The van der Waals surface area contributed by atoms with Crippen LogP contribution in [0.4, 0.5) is 0 Å². The van der Waals surface area contributed by atoms with Gasteiger partial charge in [-0.05, 0) is 25.0 Å². The lowest BCUT2D eigenvalue weighted by molar-refractivity contribution is 0.160. The van der Waals surface area contributed by atoms with E-state index in [-0.39, 0.29) is 12.0 Å². The number of hydrogen-bond acceptors (Lipinski definition) is 2. The van der Waals surface area contributed by atoms with Crippen molar-refractivity contribution in [3.63, 3.8) is 0 Å². The fourth-order valence-corrected chi connectivity index (χ4v) is 1.77. The van der Waals surface area contributed by atoms with Crippen LogP contribution in [0.1, 0.15) is 31.7 Å². The summed E-state index contributed by atoms with van der Waals surface area (Å²) < 4.78 is 0. The molecule has 0 saturated heterocycles. The Kier molecular flexibility index (Phi) is 3.70. The van der Waals surface area contributed by atoms with Crippen molar-refractivity contribution >= 4 is 11.6 Å². The van der Waals surface area contributed by atoms with Crippen molar-refractivity contribution in [3.8, 4) is 0 Å². The van der Waals surface area contributed by atoms with Gasteiger partial charge in [-0.25, -0.2) is 0 Å². The maximum Gasteiger partial charge on any atom is 0.0625 e. The van der Waals surface area contributed by atoms with Gasteiger partial charge in [0, 0.05) is 18.3 Å². The van der Waals surface area contributed by atoms with Crippen LogP contribution in [0.25, 0.3) is 0 Å². The van der Waals surface area contributed by atoms with E-state index in [0.717, 1.165) is 12.0 Å². The highest BCUT2D eigenvalue weighted by molar-refractivity contribution is 6.31. The Labute approximate surface area is 83.6 Å². The van der Waals surface area contributed by atoms with Gasteiger partial charge in [0.1, 0.15) is 0 Å². The topological polar surface area (TPSA) is 33.1 Å². The van der Waals surface area contributed by atoms with E-state index in [2.05, 4.69) is 4.98 Å². The van der Waals surface area contributed by atoms with Gasteiger partial charge in [-0.1, -0.05) is 18.5 Å². The van der Waals surface area contributed by atoms with Gasteiger partial charge in [0.2, 0.25) is 0 Å². The van der Waals surface area contributed by atoms with E-state index >= 15 is 0 Å². The van der Waals surface area contributed by atoms with E-state index in [1.54, 1.807) is 19.3 Å². The molecule has 13 heavy (non-hydrogen) atoms. The van der Waals surface area contributed by atoms with Crippen LogP contribution in [0, 0.1) is 0 Å². The van der Waals surface area contributed by atoms with Crippen molar-refractivity contribution in [2.24, 2.45) is 0 Å². The number of aliphatic hydroxyl groups is 1. The first kappa shape index (κ1) is 10.5. The number of hydrogen-bond donors (Lipinski definition) is 1. The maximum atomic E-state index is 9.51. The molecule has 0 aliphatic rings. The van der Waals surface area contributed by atoms with Gasteiger partial charge in [-0.15, -0.1) is 0 Å². The summed E-state index contributed by atoms with van der Waals surface area (Å²) in [5.74, 6) is 0.107. The van der Waals surface area contributed by atoms with E-state index < -0.39 is 0 Å². The fraction of sp³-hybridized carbons (Fsp3) is 0.500. The van der Waals surface area contributed by atoms with Crippen LogP contribution < -0.4 is 0 Å². The predicted molar refractivity (Wildman–Crippen MR) is 54.0 cm³/mol. The monoisotopic (exact) mass is 199 g/mol. The van der Waals surface area contributed by atoms with Crippen molar-refractivity contribution in [3.05, 3.63) is 29.0 Å². The minimum Gasteiger partial charge on any atom is -0.393 e. The SMILES string of the molecule is CCC(c1ccncc1Cl)C(C)O. The summed E-state index contributed by atoms with van der Waals surface area (Å²) in [5.41, 5.74) is 0.981. The minimum absolute atomic E-state index is 0.107. The molecule has 0 radical (unpaired) electrons. The first-order valence-electron chi connectivity index (χ1n) is 4.44. The zero-order valence-electron chi connectivity index (χ0n) is 7.87. The molecule has 1 rings (SSSR count). The van der Waals surface area contributed by atoms with Crippen LogP contribution in [0.5, 0.6) is 0 Å². The fourth-order valence-electron chi connectivity index (χ4n) is 1.51. The van der Waals surface area contributed by atoms with Crippen LogP contribution in [-0.2, 0) is 0 Å². The zero-order valence-corrected chi connectivity index (χ0v) is 8.62. The molecule has 0 amide bonds. The van der Waals surface area contributed by atoms with E-state index in [4.69, 9.17) is 11.6 Å². The summed E-state index contributed by atoms with van der Waals surface area (Å²) in [6, 6.07) is 1.86. The number of nitrogens with zero attached hydrogens (tertiary/aromatic N) is 1. The molecule has 1 aromatic rings. The number of aromatic nitrogens is 1. The molecule has 0 saturated carbocycles. The van der Waals surface area contributed by atoms with Gasteiger partial charge in [-0.3, -0.25) is 4.98 Å². The molecule has 2 unspecified atom stereocenters. The Morgan fingerprint density at radius 2 is 2.31 bits per heavy atom. The van der Waals surface area contributed by atoms with Gasteiger partial charge < -0.3 is 5.11 Å². The van der Waals surface area contributed by atoms with E-state index in [9.17, 15) is 5.11 Å². The summed E-state index contributed by atoms with van der Waals surface area (Å²) in [6.45, 7) is 3.82. The molecule has 0 bridgehead atoms. The van der Waals surface area contributed by atoms with Crippen LogP contribution in [0.15, 0.2) is 18.5 Å². The van der Waals surface area contributed by atoms with E-state index in [0.29, 0.717) is 5.02 Å². The van der Waals surface area contributed by atoms with Gasteiger partial charge in [0.25, 0.3) is 0 Å². The standard InChI is InChI=1S/C10H14ClNO/c1-3-8(7(2)13)9-4-5-12-6-10(9)11/h4-8,13H,3H2,1-2H3. The molecule has 2 nitrogen and oxygen atoms in total. The molecule has 0 aromatic carbocycles. The summed E-state index contributed by atoms with van der Waals surface area (Å²) in [5, 5.41) is 10.1. The molecule has 3 heteroatoms. The summed E-state index contributed by atoms with van der Waals surface area (Å²) >= 11 is 5.97. The van der Waals surface area contributed by atoms with E-state index in [1.165, 1.54) is 0 Å². The van der Waals surface area contributed by atoms with Crippen LogP contribution in [0.2, 0.25) is 5.02 Å². The van der Waals surface area contributed by atoms with Crippen molar-refractivity contribution in [1.29, 1.82) is 0 Å². The van der Waals surface area contributed by atoms with Crippen molar-refractivity contribution in [2.45, 2.75) is 32.3 Å². The molecule has 1 N–H and O–H groups in total. The summed E-state index contributed by atoms with van der Waals surface area (Å²) in [6.07, 6.45) is 3.82. The highest BCUT2D eigenvalue weighted by Crippen LogP contribution is 2.28. The largest absolute Gasteiger partial charge is 0.393 e. The Bertz CT molecular complexity index is 275. The zero-order chi connectivity index (χ0) is 9.84. The highest BCUT2D eigenvalue weighted by Gasteiger charge is 2.17. The van der Waals surface area contributed by atoms with Crippen molar-refractivity contribution in [2.75, 3.05) is 0 Å². The third-order valence-electron chi connectivity index (χ3n) is 2.23. The second kappa shape index (κ2) is 4.58. The maximum absolute atomic E-state index is 9.51. The Morgan fingerprint density at radius 3 is 2.77 bits per heavy atom. The van der Waals surface area contributed by atoms with Crippen LogP contribution in [0.3, 0.4) is 0 Å². The first-order valence-corrected chi connectivity index (χ1v) is 4.82. The minimum atomic E-state index is -0.370. The molecule has 72 valence electrons. The molecular weight excluding hydrogens is 186 g/mol. The number of halogens is 1. The Hall–Kier alpha value is -0.600. The first-order chi connectivity index (χ1) is 6.16. The highest BCUT2D eigenvalue weighted by atomic mass is 35.5. The smallest absolute Gasteiger partial charge is 0.0625 e. The van der Waals surface area contributed by atoms with Crippen LogP contribution in [-0.4, -0.2) is 16.2 Å². The molecule has 0 aliphatic carbocycles. The molecular formula is C10H14ClNO. The third-order valence-corrected chi connectivity index (χ3v) is 2.54. The third kappa shape index (κ3) is 2.42. The van der Waals surface area contributed by atoms with Gasteiger partial charge in [0.15, 0.2) is 0 Å². The van der Waals surface area contributed by atoms with Gasteiger partial charge in [-0.2, -0.15) is 0 Å². The number of pyridine rings is 1. The van der Waals surface area contributed by atoms with Gasteiger partial charge >= 0.3 is 0 Å². The normalized spacial score (nSPS) is 15.4. The van der Waals surface area contributed by atoms with Crippen LogP contribution >= 0.6 is 11.6 Å². The second-order valence-electron chi connectivity index (χ2n) is 3.15. The number of aliphatic hydroxyl groups excluding tert-OH is 1. The second-order valence-corrected chi connectivity index (χ2v) is 3.56. The quantitative estimate of drug-likeness (QED) is 0.812. The molecule has 0 spiro atoms. The van der Waals surface area contributed by atoms with Crippen molar-refractivity contribution in [1.82, 2.24) is 4.98 Å². The lowest BCUT2D eigenvalue weighted by atomic mass is 9.93. The molecule has 1 heterocycles. The summed E-state index contributed by atoms with van der Waals surface area (Å²) in [4.78, 5) is 3.91. The average Bonchev–Trinajstić information content (AvgIpc) is 2.09. The summed E-state index contributed by atoms with van der Waals surface area (Å²) in [7, 11) is 0. The van der Waals surface area contributed by atoms with Crippen molar-refractivity contribution < 1.29 is 5.11 Å². The lowest BCUT2D eigenvalue weighted by Crippen LogP contribution is -2.14.